The van der Waals surface area contributed by atoms with Crippen LogP contribution in [0.2, 0.25) is 6.04 Å². The Kier molecular flexibility index (Phi) is 5.36. The summed E-state index contributed by atoms with van der Waals surface area (Å²) in [7, 11) is -1.87. The van der Waals surface area contributed by atoms with E-state index in [9.17, 15) is 14.2 Å². The van der Waals surface area contributed by atoms with Crippen molar-refractivity contribution in [1.82, 2.24) is 0 Å². The van der Waals surface area contributed by atoms with Gasteiger partial charge < -0.3 is 22.5 Å². The highest BCUT2D eigenvalue weighted by Crippen LogP contribution is 2.72. The lowest BCUT2D eigenvalue weighted by Gasteiger charge is -2.38. The van der Waals surface area contributed by atoms with Crippen molar-refractivity contribution >= 4 is 33.4 Å². The monoisotopic (exact) mass is 514 g/mol. The molecule has 0 radical (unpaired) electrons. The maximum Gasteiger partial charge on any atom is 0.500 e. The molecule has 2 heterocycles. The Morgan fingerprint density at radius 1 is 0.914 bits per heavy atom. The quantitative estimate of drug-likeness (QED) is 0.250. The highest BCUT2D eigenvalue weighted by Gasteiger charge is 2.72. The summed E-state index contributed by atoms with van der Waals surface area (Å²) < 4.78 is 43.5. The van der Waals surface area contributed by atoms with Crippen molar-refractivity contribution in [3.63, 3.8) is 0 Å². The number of ether oxygens (including phenoxy) is 1. The molecule has 2 saturated carbocycles. The van der Waals surface area contributed by atoms with Crippen molar-refractivity contribution in [2.24, 2.45) is 29.6 Å². The molecule has 0 aromatic heterocycles. The molecule has 2 aliphatic heterocycles. The van der Waals surface area contributed by atoms with Gasteiger partial charge >= 0.3 is 20.7 Å². The summed E-state index contributed by atoms with van der Waals surface area (Å²) in [4.78, 5) is 25.6. The predicted molar refractivity (Wildman–Crippen MR) is 128 cm³/mol. The first kappa shape index (κ1) is 23.1. The first-order valence-corrected chi connectivity index (χ1v) is 15.4. The van der Waals surface area contributed by atoms with Gasteiger partial charge in [-0.15, -0.1) is 0 Å². The van der Waals surface area contributed by atoms with Gasteiger partial charge in [0.15, 0.2) is 0 Å². The molecule has 8 nitrogen and oxygen atoms in total. The van der Waals surface area contributed by atoms with Crippen LogP contribution in [0.25, 0.3) is 11.1 Å². The molecule has 35 heavy (non-hydrogen) atoms. The molecule has 10 heteroatoms. The summed E-state index contributed by atoms with van der Waals surface area (Å²) in [5.41, 5.74) is 1.34. The van der Waals surface area contributed by atoms with Crippen LogP contribution in [0.15, 0.2) is 48.5 Å². The lowest BCUT2D eigenvalue weighted by molar-refractivity contribution is -0.155. The van der Waals surface area contributed by atoms with Crippen LogP contribution in [0.3, 0.4) is 0 Å². The molecule has 184 valence electrons. The van der Waals surface area contributed by atoms with Crippen LogP contribution in [0.5, 0.6) is 5.75 Å². The number of benzene rings is 2. The molecule has 7 atom stereocenters. The Bertz CT molecular complexity index is 1250. The fraction of sp³-hybridized carbons (Fsp3) is 0.440. The topological polar surface area (TPSA) is 97.4 Å². The summed E-state index contributed by atoms with van der Waals surface area (Å²) in [6.07, 6.45) is 0.494. The van der Waals surface area contributed by atoms with Crippen LogP contribution >= 0.6 is 7.37 Å². The Morgan fingerprint density at radius 3 is 2.26 bits per heavy atom. The molecule has 0 N–H and O–H groups in total. The highest BCUT2D eigenvalue weighted by molar-refractivity contribution is 7.68. The lowest BCUT2D eigenvalue weighted by atomic mass is 9.81. The maximum atomic E-state index is 15.0. The van der Waals surface area contributed by atoms with Gasteiger partial charge in [0.05, 0.1) is 22.8 Å². The predicted octanol–water partition coefficient (Wildman–Crippen LogP) is 3.48. The van der Waals surface area contributed by atoms with E-state index in [4.69, 9.17) is 22.5 Å². The fourth-order valence-electron chi connectivity index (χ4n) is 7.09. The van der Waals surface area contributed by atoms with Crippen LogP contribution in [-0.2, 0) is 32.2 Å². The van der Waals surface area contributed by atoms with E-state index in [1.54, 1.807) is 21.3 Å². The van der Waals surface area contributed by atoms with Gasteiger partial charge in [-0.2, -0.15) is 0 Å². The number of cyclic esters (lactones) is 2. The lowest BCUT2D eigenvalue weighted by Crippen LogP contribution is -2.45. The molecule has 7 unspecified atom stereocenters. The van der Waals surface area contributed by atoms with Crippen molar-refractivity contribution < 1.29 is 36.7 Å². The third-order valence-corrected chi connectivity index (χ3v) is 14.3. The number of carbonyl (C=O) groups is 2. The summed E-state index contributed by atoms with van der Waals surface area (Å²) >= 11 is 0. The van der Waals surface area contributed by atoms with Gasteiger partial charge in [-0.3, -0.25) is 14.2 Å². The minimum Gasteiger partial charge on any atom is -0.439 e. The van der Waals surface area contributed by atoms with E-state index in [2.05, 4.69) is 0 Å². The minimum atomic E-state index is -3.48. The second kappa shape index (κ2) is 8.11. The van der Waals surface area contributed by atoms with E-state index in [1.807, 2.05) is 48.5 Å². The second-order valence-corrected chi connectivity index (χ2v) is 15.2. The molecule has 6 rings (SSSR count). The van der Waals surface area contributed by atoms with Crippen molar-refractivity contribution in [1.29, 1.82) is 0 Å². The van der Waals surface area contributed by atoms with Crippen molar-refractivity contribution in [3.05, 3.63) is 48.5 Å². The summed E-state index contributed by atoms with van der Waals surface area (Å²) in [5, 5.41) is 0.665. The first-order chi connectivity index (χ1) is 16.9. The summed E-state index contributed by atoms with van der Waals surface area (Å²) in [5.74, 6) is -2.33. The van der Waals surface area contributed by atoms with E-state index < -0.39 is 45.6 Å². The van der Waals surface area contributed by atoms with Gasteiger partial charge in [0.25, 0.3) is 7.37 Å². The third-order valence-electron chi connectivity index (χ3n) is 8.52. The largest absolute Gasteiger partial charge is 0.500 e. The van der Waals surface area contributed by atoms with Crippen LogP contribution < -0.4 is 9.83 Å². The Balaban J connectivity index is 1.47. The number of hydrogen-bond donors (Lipinski definition) is 0. The molecule has 1 saturated heterocycles. The van der Waals surface area contributed by atoms with Crippen molar-refractivity contribution in [2.75, 3.05) is 21.3 Å². The van der Waals surface area contributed by atoms with E-state index in [0.717, 1.165) is 11.1 Å². The van der Waals surface area contributed by atoms with Gasteiger partial charge in [-0.05, 0) is 41.9 Å². The van der Waals surface area contributed by atoms with Crippen LogP contribution in [0.1, 0.15) is 6.42 Å². The Hall–Kier alpha value is -2.29. The molecular weight excluding hydrogens is 487 g/mol. The molecule has 0 spiro atoms. The zero-order valence-corrected chi connectivity index (χ0v) is 21.6. The Labute approximate surface area is 204 Å². The normalized spacial score (nSPS) is 34.7. The van der Waals surface area contributed by atoms with Crippen molar-refractivity contribution in [3.8, 4) is 16.9 Å². The summed E-state index contributed by atoms with van der Waals surface area (Å²) in [6.45, 7) is 0. The first-order valence-electron chi connectivity index (χ1n) is 11.8. The van der Waals surface area contributed by atoms with Gasteiger partial charge in [-0.25, -0.2) is 0 Å². The fourth-order valence-corrected chi connectivity index (χ4v) is 12.5. The standard InChI is InChI=1S/C25H27O8PSi/c1-29-35(30-2,31-3)13-17-16-12-20(21(17)23-22(16)24(26)32-25(23)27)34(28)19-11-7-5-9-15(19)14-8-4-6-10-18(14)33-34/h4-11,16-17,20-23H,12-13H2,1-3H3. The third kappa shape index (κ3) is 3.12. The number of esters is 2. The van der Waals surface area contributed by atoms with Crippen LogP contribution in [0.4, 0.5) is 0 Å². The van der Waals surface area contributed by atoms with E-state index in [-0.39, 0.29) is 17.8 Å². The number of hydrogen-bond acceptors (Lipinski definition) is 8. The summed E-state index contributed by atoms with van der Waals surface area (Å²) in [6, 6.07) is 15.6. The Morgan fingerprint density at radius 2 is 1.54 bits per heavy atom. The van der Waals surface area contributed by atoms with Gasteiger partial charge in [-0.1, -0.05) is 36.4 Å². The smallest absolute Gasteiger partial charge is 0.439 e. The molecule has 2 bridgehead atoms. The van der Waals surface area contributed by atoms with E-state index in [1.165, 1.54) is 0 Å². The highest BCUT2D eigenvalue weighted by atomic mass is 31.2. The number of carbonyl (C=O) groups excluding carboxylic acids is 2. The molecule has 2 aromatic carbocycles. The van der Waals surface area contributed by atoms with Gasteiger partial charge in [0, 0.05) is 32.9 Å². The SMILES string of the molecule is CO[Si](CC1C2CC(P3(=O)Oc4ccccc4-c4ccccc43)C1C1C(=O)OC(=O)C21)(OC)OC. The zero-order valence-electron chi connectivity index (χ0n) is 19.7. The van der Waals surface area contributed by atoms with Gasteiger partial charge in [0.1, 0.15) is 5.75 Å². The molecule has 0 amide bonds. The average molecular weight is 515 g/mol. The van der Waals surface area contributed by atoms with E-state index in [0.29, 0.717) is 23.5 Å². The molecule has 2 aromatic rings. The van der Waals surface area contributed by atoms with Crippen LogP contribution in [-0.4, -0.2) is 47.7 Å². The number of fused-ring (bicyclic) bond motifs is 8. The van der Waals surface area contributed by atoms with Crippen LogP contribution in [0, 0.1) is 29.6 Å². The van der Waals surface area contributed by atoms with E-state index >= 15 is 0 Å². The second-order valence-electron chi connectivity index (χ2n) is 9.70. The average Bonchev–Trinajstić information content (AvgIpc) is 3.50. The van der Waals surface area contributed by atoms with Gasteiger partial charge in [0.2, 0.25) is 0 Å². The molecule has 3 fully saturated rings. The number of para-hydroxylation sites is 1. The molecule has 2 aliphatic carbocycles. The van der Waals surface area contributed by atoms with Crippen molar-refractivity contribution in [2.45, 2.75) is 18.1 Å². The zero-order chi connectivity index (χ0) is 24.5. The minimum absolute atomic E-state index is 0.142. The molecule has 4 aliphatic rings. The molecular formula is C25H27O8PSi. The maximum absolute atomic E-state index is 15.0. The number of rotatable bonds is 6.